The van der Waals surface area contributed by atoms with Crippen LogP contribution in [0.15, 0.2) is 0 Å². The molecule has 8 heavy (non-hydrogen) atoms. The third-order valence-electron chi connectivity index (χ3n) is 0.431. The summed E-state index contributed by atoms with van der Waals surface area (Å²) in [5.41, 5.74) is 0. The third-order valence-corrected chi connectivity index (χ3v) is 1.29. The molecular weight excluding hydrogens is 131 g/mol. The number of rotatable bonds is 2. The topological polar surface area (TPSA) is 69.9 Å². The molecule has 0 saturated carbocycles. The summed E-state index contributed by atoms with van der Waals surface area (Å²) in [5.74, 6) is 0. The van der Waals surface area contributed by atoms with Gasteiger partial charge in [0.05, 0.1) is 0 Å². The summed E-state index contributed by atoms with van der Waals surface area (Å²) in [7, 11) is -3.85. The minimum atomic E-state index is -3.85. The van der Waals surface area contributed by atoms with E-state index in [1.807, 2.05) is 0 Å². The summed E-state index contributed by atoms with van der Waals surface area (Å²) < 4.78 is 4.21. The molecule has 0 aliphatic rings. The van der Waals surface area contributed by atoms with Gasteiger partial charge in [-0.1, -0.05) is 0 Å². The van der Waals surface area contributed by atoms with Gasteiger partial charge in [0.1, 0.15) is 0 Å². The second-order valence-corrected chi connectivity index (χ2v) is 6.11. The second kappa shape index (κ2) is 1.90. The summed E-state index contributed by atoms with van der Waals surface area (Å²) in [4.78, 5) is 17.6. The monoisotopic (exact) mass is 142 g/mol. The first kappa shape index (κ1) is 8.27. The van der Waals surface area contributed by atoms with Crippen molar-refractivity contribution in [2.75, 3.05) is 20.1 Å². The van der Waals surface area contributed by atoms with Crippen LogP contribution in [0.5, 0.6) is 0 Å². The van der Waals surface area contributed by atoms with Crippen molar-refractivity contribution in [2.45, 2.75) is 0 Å². The van der Waals surface area contributed by atoms with E-state index < -0.39 is 14.1 Å². The van der Waals surface area contributed by atoms with E-state index in [0.717, 1.165) is 13.3 Å². The Kier molecular flexibility index (Phi) is 1.96. The number of aliphatic hydroxyl groups excluding tert-OH is 1. The van der Waals surface area contributed by atoms with Gasteiger partial charge in [0.15, 0.2) is 0 Å². The first-order chi connectivity index (χ1) is 3.31. The van der Waals surface area contributed by atoms with Crippen molar-refractivity contribution >= 4 is 7.28 Å². The zero-order chi connectivity index (χ0) is 6.86. The molecule has 0 aliphatic carbocycles. The molecule has 0 unspecified atom stereocenters. The van der Waals surface area contributed by atoms with E-state index in [4.69, 9.17) is 14.9 Å². The van der Waals surface area contributed by atoms with Gasteiger partial charge in [-0.05, 0) is 0 Å². The number of hydrogen-bond acceptors (Lipinski definition) is 4. The first-order valence-electron chi connectivity index (χ1n) is 2.08. The van der Waals surface area contributed by atoms with Crippen LogP contribution in [0, 0.1) is 0 Å². The molecule has 0 heterocycles. The third kappa shape index (κ3) is 6.27. The predicted molar refractivity (Wildman–Crippen MR) is 31.4 cm³/mol. The van der Waals surface area contributed by atoms with Gasteiger partial charge >= 0.3 is 46.8 Å². The molecule has 0 spiro atoms. The molecule has 0 bridgehead atoms. The number of aliphatic hydroxyl groups is 1. The van der Waals surface area contributed by atoms with Crippen LogP contribution in [0.2, 0.25) is 0 Å². The van der Waals surface area contributed by atoms with Gasteiger partial charge in [0.2, 0.25) is 0 Å². The van der Waals surface area contributed by atoms with Gasteiger partial charge in [-0.15, -0.1) is 0 Å². The van der Waals surface area contributed by atoms with Crippen molar-refractivity contribution < 1.29 is 19.4 Å². The molecule has 0 amide bonds. The Bertz CT molecular complexity index is 73.8. The first-order valence-corrected chi connectivity index (χ1v) is 5.04. The van der Waals surface area contributed by atoms with Crippen LogP contribution in [-0.2, 0) is 4.52 Å². The van der Waals surface area contributed by atoms with Crippen LogP contribution in [0.4, 0.5) is 0 Å². The molecule has 52 valence electrons. The molecular formula is C3H11O4P. The van der Waals surface area contributed by atoms with Crippen molar-refractivity contribution in [2.24, 2.45) is 0 Å². The Morgan fingerprint density at radius 1 is 1.38 bits per heavy atom. The predicted octanol–water partition coefficient (Wildman–Crippen LogP) is -0.505. The molecule has 0 aromatic carbocycles. The molecule has 0 saturated heterocycles. The van der Waals surface area contributed by atoms with E-state index in [2.05, 4.69) is 4.52 Å². The number of hydrogen-bond donors (Lipinski definition) is 3. The standard InChI is InChI=1S/C3H11O4P/c1-8(2,5,6)7-3-4/h4-6H,3H2,1-2H3. The fourth-order valence-electron chi connectivity index (χ4n) is 0.167. The summed E-state index contributed by atoms with van der Waals surface area (Å²) in [6, 6.07) is 0. The van der Waals surface area contributed by atoms with E-state index in [1.165, 1.54) is 0 Å². The molecule has 0 aromatic heterocycles. The molecule has 0 aliphatic heterocycles. The van der Waals surface area contributed by atoms with Crippen LogP contribution in [0.3, 0.4) is 0 Å². The van der Waals surface area contributed by atoms with Crippen LogP contribution in [0.25, 0.3) is 0 Å². The normalized spacial score (nSPS) is 17.4. The van der Waals surface area contributed by atoms with Crippen molar-refractivity contribution in [3.05, 3.63) is 0 Å². The Morgan fingerprint density at radius 3 is 1.75 bits per heavy atom. The van der Waals surface area contributed by atoms with Crippen LogP contribution in [-0.4, -0.2) is 35.0 Å². The summed E-state index contributed by atoms with van der Waals surface area (Å²) >= 11 is 0. The molecule has 0 rings (SSSR count). The van der Waals surface area contributed by atoms with Crippen molar-refractivity contribution in [3.8, 4) is 0 Å². The van der Waals surface area contributed by atoms with Gasteiger partial charge < -0.3 is 0 Å². The van der Waals surface area contributed by atoms with Crippen molar-refractivity contribution in [1.82, 2.24) is 0 Å². The van der Waals surface area contributed by atoms with Gasteiger partial charge in [-0.3, -0.25) is 0 Å². The van der Waals surface area contributed by atoms with Crippen LogP contribution in [0.1, 0.15) is 0 Å². The average Bonchev–Trinajstić information content (AvgIpc) is 1.25. The fourth-order valence-corrected chi connectivity index (χ4v) is 0.501. The van der Waals surface area contributed by atoms with Crippen molar-refractivity contribution in [3.63, 3.8) is 0 Å². The molecule has 0 radical (unpaired) electrons. The zero-order valence-corrected chi connectivity index (χ0v) is 5.80. The maximum absolute atomic E-state index is 8.79. The van der Waals surface area contributed by atoms with E-state index in [1.54, 1.807) is 0 Å². The summed E-state index contributed by atoms with van der Waals surface area (Å²) in [6.45, 7) is 1.65. The van der Waals surface area contributed by atoms with Crippen LogP contribution >= 0.6 is 7.28 Å². The molecule has 0 fully saturated rings. The Labute approximate surface area is 47.9 Å². The zero-order valence-electron chi connectivity index (χ0n) is 4.90. The SMILES string of the molecule is CP(C)(O)(O)OCO. The van der Waals surface area contributed by atoms with E-state index in [-0.39, 0.29) is 0 Å². The summed E-state index contributed by atoms with van der Waals surface area (Å²) in [6.07, 6.45) is 0. The van der Waals surface area contributed by atoms with Crippen LogP contribution < -0.4 is 0 Å². The molecule has 0 aromatic rings. The van der Waals surface area contributed by atoms with Gasteiger partial charge in [-0.25, -0.2) is 0 Å². The van der Waals surface area contributed by atoms with E-state index >= 15 is 0 Å². The molecule has 0 atom stereocenters. The summed E-state index contributed by atoms with van der Waals surface area (Å²) in [5, 5.41) is 8.06. The quantitative estimate of drug-likeness (QED) is 0.359. The van der Waals surface area contributed by atoms with Gasteiger partial charge in [0.25, 0.3) is 0 Å². The van der Waals surface area contributed by atoms with Crippen molar-refractivity contribution in [1.29, 1.82) is 0 Å². The fraction of sp³-hybridized carbons (Fsp3) is 1.00. The van der Waals surface area contributed by atoms with Gasteiger partial charge in [-0.2, -0.15) is 0 Å². The average molecular weight is 142 g/mol. The van der Waals surface area contributed by atoms with E-state index in [0.29, 0.717) is 0 Å². The Balaban J connectivity index is 3.73. The second-order valence-electron chi connectivity index (χ2n) is 2.12. The maximum atomic E-state index is 8.79. The van der Waals surface area contributed by atoms with E-state index in [9.17, 15) is 0 Å². The molecule has 3 N–H and O–H groups in total. The minimum absolute atomic E-state index is 0.655. The Morgan fingerprint density at radius 2 is 1.75 bits per heavy atom. The molecule has 5 heteroatoms. The van der Waals surface area contributed by atoms with Gasteiger partial charge in [0, 0.05) is 0 Å². The Hall–Kier alpha value is 0.270. The molecule has 4 nitrogen and oxygen atoms in total.